The Morgan fingerprint density at radius 2 is 2.23 bits per heavy atom. The molecule has 0 rings (SSSR count). The number of halogens is 1. The van der Waals surface area contributed by atoms with Crippen molar-refractivity contribution in [2.24, 2.45) is 5.92 Å². The second-order valence-corrected chi connectivity index (χ2v) is 3.61. The standard InChI is InChI=1S/C9H16ClNO2/c1-7(4-10)5-11(3)6-8(2)9(12)13/h4,8H,5-6H2,1-3H3,(H,12,13). The van der Waals surface area contributed by atoms with Crippen molar-refractivity contribution in [3.8, 4) is 0 Å². The van der Waals surface area contributed by atoms with E-state index in [1.807, 2.05) is 18.9 Å². The number of likely N-dealkylation sites (N-methyl/N-ethyl adjacent to an activating group) is 1. The average Bonchev–Trinajstić information content (AvgIpc) is 2.03. The highest BCUT2D eigenvalue weighted by Crippen LogP contribution is 2.02. The van der Waals surface area contributed by atoms with E-state index in [1.54, 1.807) is 6.92 Å². The first-order valence-corrected chi connectivity index (χ1v) is 4.58. The van der Waals surface area contributed by atoms with Crippen molar-refractivity contribution < 1.29 is 9.90 Å². The molecule has 0 saturated carbocycles. The van der Waals surface area contributed by atoms with Gasteiger partial charge in [-0.15, -0.1) is 0 Å². The van der Waals surface area contributed by atoms with Gasteiger partial charge in [-0.2, -0.15) is 0 Å². The van der Waals surface area contributed by atoms with Gasteiger partial charge in [-0.1, -0.05) is 18.5 Å². The zero-order valence-electron chi connectivity index (χ0n) is 8.25. The van der Waals surface area contributed by atoms with E-state index in [2.05, 4.69) is 0 Å². The van der Waals surface area contributed by atoms with Gasteiger partial charge in [0, 0.05) is 18.6 Å². The van der Waals surface area contributed by atoms with Gasteiger partial charge >= 0.3 is 5.97 Å². The summed E-state index contributed by atoms with van der Waals surface area (Å²) in [6.45, 7) is 4.85. The molecule has 3 nitrogen and oxygen atoms in total. The van der Waals surface area contributed by atoms with Crippen LogP contribution in [0, 0.1) is 5.92 Å². The Hall–Kier alpha value is -0.540. The summed E-state index contributed by atoms with van der Waals surface area (Å²) in [5.74, 6) is -1.10. The molecule has 0 spiro atoms. The van der Waals surface area contributed by atoms with Crippen LogP contribution < -0.4 is 0 Å². The third-order valence-electron chi connectivity index (χ3n) is 1.71. The Bertz CT molecular complexity index is 204. The van der Waals surface area contributed by atoms with Gasteiger partial charge in [-0.25, -0.2) is 0 Å². The van der Waals surface area contributed by atoms with E-state index in [-0.39, 0.29) is 5.92 Å². The minimum atomic E-state index is -0.764. The molecule has 1 N–H and O–H groups in total. The summed E-state index contributed by atoms with van der Waals surface area (Å²) in [4.78, 5) is 12.5. The highest BCUT2D eigenvalue weighted by Gasteiger charge is 2.13. The normalized spacial score (nSPS) is 14.7. The van der Waals surface area contributed by atoms with E-state index in [1.165, 1.54) is 5.54 Å². The Morgan fingerprint density at radius 3 is 2.62 bits per heavy atom. The lowest BCUT2D eigenvalue weighted by molar-refractivity contribution is -0.141. The molecule has 0 radical (unpaired) electrons. The summed E-state index contributed by atoms with van der Waals surface area (Å²) in [6.07, 6.45) is 0. The van der Waals surface area contributed by atoms with Crippen molar-refractivity contribution >= 4 is 17.6 Å². The largest absolute Gasteiger partial charge is 0.481 e. The monoisotopic (exact) mass is 205 g/mol. The molecule has 1 unspecified atom stereocenters. The van der Waals surface area contributed by atoms with Gasteiger partial charge in [-0.05, 0) is 19.5 Å². The predicted octanol–water partition coefficient (Wildman–Crippen LogP) is 1.78. The highest BCUT2D eigenvalue weighted by atomic mass is 35.5. The van der Waals surface area contributed by atoms with Crippen LogP contribution in [-0.4, -0.2) is 36.1 Å². The van der Waals surface area contributed by atoms with Gasteiger partial charge in [0.1, 0.15) is 0 Å². The molecule has 4 heteroatoms. The molecule has 0 bridgehead atoms. The van der Waals surface area contributed by atoms with E-state index >= 15 is 0 Å². The number of hydrogen-bond donors (Lipinski definition) is 1. The predicted molar refractivity (Wildman–Crippen MR) is 53.9 cm³/mol. The quantitative estimate of drug-likeness (QED) is 0.744. The van der Waals surface area contributed by atoms with Crippen LogP contribution in [0.25, 0.3) is 0 Å². The molecule has 13 heavy (non-hydrogen) atoms. The zero-order valence-corrected chi connectivity index (χ0v) is 9.01. The van der Waals surface area contributed by atoms with E-state index < -0.39 is 5.97 Å². The molecule has 0 fully saturated rings. The van der Waals surface area contributed by atoms with Crippen molar-refractivity contribution in [3.05, 3.63) is 11.1 Å². The Kier molecular flexibility index (Phi) is 5.75. The van der Waals surface area contributed by atoms with Gasteiger partial charge in [-0.3, -0.25) is 4.79 Å². The number of rotatable bonds is 5. The maximum Gasteiger partial charge on any atom is 0.307 e. The fraction of sp³-hybridized carbons (Fsp3) is 0.667. The van der Waals surface area contributed by atoms with E-state index in [0.717, 1.165) is 5.57 Å². The Labute approximate surface area is 84.0 Å². The fourth-order valence-corrected chi connectivity index (χ4v) is 1.14. The molecular formula is C9H16ClNO2. The van der Waals surface area contributed by atoms with Crippen molar-refractivity contribution in [3.63, 3.8) is 0 Å². The second kappa shape index (κ2) is 6.00. The summed E-state index contributed by atoms with van der Waals surface area (Å²) in [7, 11) is 1.88. The molecule has 0 aromatic rings. The topological polar surface area (TPSA) is 40.5 Å². The van der Waals surface area contributed by atoms with E-state index in [0.29, 0.717) is 13.1 Å². The van der Waals surface area contributed by atoms with Crippen LogP contribution in [0.15, 0.2) is 11.1 Å². The van der Waals surface area contributed by atoms with Crippen molar-refractivity contribution in [2.75, 3.05) is 20.1 Å². The Morgan fingerprint density at radius 1 is 1.69 bits per heavy atom. The lowest BCUT2D eigenvalue weighted by atomic mass is 10.1. The van der Waals surface area contributed by atoms with Crippen molar-refractivity contribution in [1.82, 2.24) is 4.90 Å². The smallest absolute Gasteiger partial charge is 0.307 e. The van der Waals surface area contributed by atoms with Crippen LogP contribution in [0.4, 0.5) is 0 Å². The van der Waals surface area contributed by atoms with Crippen LogP contribution in [0.3, 0.4) is 0 Å². The maximum atomic E-state index is 10.5. The van der Waals surface area contributed by atoms with Crippen LogP contribution in [-0.2, 0) is 4.79 Å². The van der Waals surface area contributed by atoms with Gasteiger partial charge in [0.15, 0.2) is 0 Å². The Balaban J connectivity index is 3.87. The third kappa shape index (κ3) is 5.66. The molecule has 0 aliphatic heterocycles. The van der Waals surface area contributed by atoms with Crippen molar-refractivity contribution in [2.45, 2.75) is 13.8 Å². The first-order valence-electron chi connectivity index (χ1n) is 4.14. The lowest BCUT2D eigenvalue weighted by Crippen LogP contribution is -2.29. The number of carboxylic acid groups (broad SMARTS) is 1. The molecule has 0 aromatic heterocycles. The molecule has 0 aliphatic carbocycles. The molecule has 0 heterocycles. The number of nitrogens with zero attached hydrogens (tertiary/aromatic N) is 1. The van der Waals surface area contributed by atoms with E-state index in [4.69, 9.17) is 16.7 Å². The first kappa shape index (κ1) is 12.5. The minimum Gasteiger partial charge on any atom is -0.481 e. The van der Waals surface area contributed by atoms with Gasteiger partial charge in [0.2, 0.25) is 0 Å². The molecule has 0 aromatic carbocycles. The van der Waals surface area contributed by atoms with Crippen molar-refractivity contribution in [1.29, 1.82) is 0 Å². The van der Waals surface area contributed by atoms with Gasteiger partial charge in [0.05, 0.1) is 5.92 Å². The number of carboxylic acids is 1. The van der Waals surface area contributed by atoms with E-state index in [9.17, 15) is 4.79 Å². The van der Waals surface area contributed by atoms with Crippen LogP contribution in [0.2, 0.25) is 0 Å². The minimum absolute atomic E-state index is 0.340. The number of hydrogen-bond acceptors (Lipinski definition) is 2. The van der Waals surface area contributed by atoms with Gasteiger partial charge < -0.3 is 10.0 Å². The zero-order chi connectivity index (χ0) is 10.4. The molecule has 1 atom stereocenters. The van der Waals surface area contributed by atoms with Crippen LogP contribution in [0.5, 0.6) is 0 Å². The third-order valence-corrected chi connectivity index (χ3v) is 2.09. The van der Waals surface area contributed by atoms with Crippen LogP contribution in [0.1, 0.15) is 13.8 Å². The lowest BCUT2D eigenvalue weighted by Gasteiger charge is -2.18. The first-order chi connectivity index (χ1) is 5.97. The fourth-order valence-electron chi connectivity index (χ4n) is 1.07. The number of aliphatic carboxylic acids is 1. The molecular weight excluding hydrogens is 190 g/mol. The highest BCUT2D eigenvalue weighted by molar-refractivity contribution is 6.25. The second-order valence-electron chi connectivity index (χ2n) is 3.39. The molecule has 0 saturated heterocycles. The average molecular weight is 206 g/mol. The summed E-state index contributed by atoms with van der Waals surface area (Å²) in [5.41, 5.74) is 2.55. The molecule has 76 valence electrons. The van der Waals surface area contributed by atoms with Crippen LogP contribution >= 0.6 is 11.6 Å². The number of carbonyl (C=O) groups is 1. The summed E-state index contributed by atoms with van der Waals surface area (Å²) >= 11 is 5.49. The summed E-state index contributed by atoms with van der Waals surface area (Å²) < 4.78 is 0. The summed E-state index contributed by atoms with van der Waals surface area (Å²) in [5, 5.41) is 8.65. The summed E-state index contributed by atoms with van der Waals surface area (Å²) in [6, 6.07) is 0. The molecule has 0 aliphatic rings. The maximum absolute atomic E-state index is 10.5. The van der Waals surface area contributed by atoms with Gasteiger partial charge in [0.25, 0.3) is 0 Å². The molecule has 0 amide bonds. The SMILES string of the molecule is CC(=CCl)CN(C)CC(C)C(=O)O.